The number of benzene rings is 2. The molecule has 23 heavy (non-hydrogen) atoms. The molecule has 0 bridgehead atoms. The molecule has 0 radical (unpaired) electrons. The molecule has 0 saturated heterocycles. The Kier molecular flexibility index (Phi) is 5.74. The summed E-state index contributed by atoms with van der Waals surface area (Å²) in [6.07, 6.45) is 0. The maximum Gasteiger partial charge on any atom is 0.243 e. The SMILES string of the molecule is CCN(CC)S(=O)(=O)c1ccc(NCc2cccc(F)c2)cc1. The third-order valence-corrected chi connectivity index (χ3v) is 5.65. The first-order valence-electron chi connectivity index (χ1n) is 7.56. The number of hydrogen-bond donors (Lipinski definition) is 1. The summed E-state index contributed by atoms with van der Waals surface area (Å²) in [5.74, 6) is -0.273. The van der Waals surface area contributed by atoms with E-state index in [1.54, 1.807) is 30.3 Å². The van der Waals surface area contributed by atoms with E-state index < -0.39 is 10.0 Å². The van der Waals surface area contributed by atoms with Crippen LogP contribution in [0.4, 0.5) is 10.1 Å². The molecule has 0 heterocycles. The summed E-state index contributed by atoms with van der Waals surface area (Å²) < 4.78 is 39.3. The van der Waals surface area contributed by atoms with Crippen molar-refractivity contribution < 1.29 is 12.8 Å². The van der Waals surface area contributed by atoms with E-state index in [2.05, 4.69) is 5.32 Å². The maximum atomic E-state index is 13.1. The van der Waals surface area contributed by atoms with Gasteiger partial charge in [0.2, 0.25) is 10.0 Å². The second-order valence-corrected chi connectivity index (χ2v) is 7.04. The van der Waals surface area contributed by atoms with Crippen molar-refractivity contribution in [2.45, 2.75) is 25.3 Å². The van der Waals surface area contributed by atoms with Crippen molar-refractivity contribution >= 4 is 15.7 Å². The molecule has 0 aliphatic rings. The molecule has 0 atom stereocenters. The number of nitrogens with one attached hydrogen (secondary N) is 1. The Balaban J connectivity index is 2.08. The van der Waals surface area contributed by atoms with Gasteiger partial charge in [-0.3, -0.25) is 0 Å². The molecule has 6 heteroatoms. The topological polar surface area (TPSA) is 49.4 Å². The average molecular weight is 336 g/mol. The number of hydrogen-bond acceptors (Lipinski definition) is 3. The summed E-state index contributed by atoms with van der Waals surface area (Å²) in [6, 6.07) is 13.0. The predicted octanol–water partition coefficient (Wildman–Crippen LogP) is 3.47. The van der Waals surface area contributed by atoms with Gasteiger partial charge in [0.25, 0.3) is 0 Å². The Labute approximate surface area is 137 Å². The minimum atomic E-state index is -3.43. The molecule has 0 fully saturated rings. The summed E-state index contributed by atoms with van der Waals surface area (Å²) in [4.78, 5) is 0.275. The quantitative estimate of drug-likeness (QED) is 0.842. The largest absolute Gasteiger partial charge is 0.381 e. The molecule has 124 valence electrons. The molecule has 4 nitrogen and oxygen atoms in total. The molecule has 0 saturated carbocycles. The number of nitrogens with zero attached hydrogens (tertiary/aromatic N) is 1. The minimum Gasteiger partial charge on any atom is -0.381 e. The molecule has 0 unspecified atom stereocenters. The number of sulfonamides is 1. The molecule has 0 amide bonds. The zero-order valence-corrected chi connectivity index (χ0v) is 14.1. The fraction of sp³-hybridized carbons (Fsp3) is 0.294. The van der Waals surface area contributed by atoms with E-state index in [4.69, 9.17) is 0 Å². The molecule has 2 aromatic rings. The second kappa shape index (κ2) is 7.57. The molecule has 0 aromatic heterocycles. The van der Waals surface area contributed by atoms with Gasteiger partial charge >= 0.3 is 0 Å². The first-order chi connectivity index (χ1) is 11.0. The van der Waals surface area contributed by atoms with Gasteiger partial charge in [0, 0.05) is 25.3 Å². The van der Waals surface area contributed by atoms with Crippen molar-refractivity contribution in [3.8, 4) is 0 Å². The Morgan fingerprint density at radius 1 is 1.04 bits per heavy atom. The molecule has 0 aliphatic carbocycles. The first-order valence-corrected chi connectivity index (χ1v) is 9.00. The van der Waals surface area contributed by atoms with Crippen LogP contribution in [-0.2, 0) is 16.6 Å². The van der Waals surface area contributed by atoms with E-state index in [0.717, 1.165) is 11.3 Å². The molecule has 0 aliphatic heterocycles. The van der Waals surface area contributed by atoms with Crippen LogP contribution in [0.5, 0.6) is 0 Å². The van der Waals surface area contributed by atoms with Gasteiger partial charge in [0.05, 0.1) is 4.90 Å². The van der Waals surface area contributed by atoms with Crippen LogP contribution in [0.3, 0.4) is 0 Å². The van der Waals surface area contributed by atoms with E-state index in [-0.39, 0.29) is 10.7 Å². The van der Waals surface area contributed by atoms with Crippen LogP contribution < -0.4 is 5.32 Å². The molecular formula is C17H21FN2O2S. The van der Waals surface area contributed by atoms with Gasteiger partial charge in [-0.2, -0.15) is 4.31 Å². The zero-order chi connectivity index (χ0) is 16.9. The monoisotopic (exact) mass is 336 g/mol. The van der Waals surface area contributed by atoms with Gasteiger partial charge in [-0.15, -0.1) is 0 Å². The molecule has 0 spiro atoms. The van der Waals surface area contributed by atoms with Crippen molar-refractivity contribution in [3.05, 3.63) is 59.9 Å². The van der Waals surface area contributed by atoms with E-state index >= 15 is 0 Å². The summed E-state index contributed by atoms with van der Waals surface area (Å²) >= 11 is 0. The van der Waals surface area contributed by atoms with Crippen LogP contribution in [0.25, 0.3) is 0 Å². The van der Waals surface area contributed by atoms with E-state index in [1.807, 2.05) is 19.9 Å². The highest BCUT2D eigenvalue weighted by atomic mass is 32.2. The van der Waals surface area contributed by atoms with E-state index in [9.17, 15) is 12.8 Å². The number of anilines is 1. The van der Waals surface area contributed by atoms with Crippen LogP contribution in [0, 0.1) is 5.82 Å². The van der Waals surface area contributed by atoms with Crippen LogP contribution in [0.1, 0.15) is 19.4 Å². The van der Waals surface area contributed by atoms with Crippen LogP contribution in [-0.4, -0.2) is 25.8 Å². The lowest BCUT2D eigenvalue weighted by Gasteiger charge is -2.18. The Morgan fingerprint density at radius 3 is 2.26 bits per heavy atom. The first kappa shape index (κ1) is 17.4. The van der Waals surface area contributed by atoms with Crippen LogP contribution in [0.2, 0.25) is 0 Å². The van der Waals surface area contributed by atoms with Gasteiger partial charge in [-0.1, -0.05) is 26.0 Å². The highest BCUT2D eigenvalue weighted by molar-refractivity contribution is 7.89. The summed E-state index contributed by atoms with van der Waals surface area (Å²) in [6.45, 7) is 4.99. The normalized spacial score (nSPS) is 11.7. The van der Waals surface area contributed by atoms with Crippen LogP contribution >= 0.6 is 0 Å². The molecular weight excluding hydrogens is 315 g/mol. The van der Waals surface area contributed by atoms with Gasteiger partial charge in [-0.05, 0) is 42.0 Å². The average Bonchev–Trinajstić information content (AvgIpc) is 2.54. The Morgan fingerprint density at radius 2 is 1.70 bits per heavy atom. The lowest BCUT2D eigenvalue weighted by Crippen LogP contribution is -2.30. The lowest BCUT2D eigenvalue weighted by molar-refractivity contribution is 0.445. The minimum absolute atomic E-state index is 0.273. The molecule has 2 aromatic carbocycles. The molecule has 2 rings (SSSR count). The van der Waals surface area contributed by atoms with Crippen molar-refractivity contribution in [3.63, 3.8) is 0 Å². The third-order valence-electron chi connectivity index (χ3n) is 3.58. The highest BCUT2D eigenvalue weighted by Crippen LogP contribution is 2.18. The number of rotatable bonds is 7. The van der Waals surface area contributed by atoms with Gasteiger partial charge in [-0.25, -0.2) is 12.8 Å². The van der Waals surface area contributed by atoms with Crippen molar-refractivity contribution in [2.75, 3.05) is 18.4 Å². The smallest absolute Gasteiger partial charge is 0.243 e. The summed E-state index contributed by atoms with van der Waals surface area (Å²) in [7, 11) is -3.43. The zero-order valence-electron chi connectivity index (χ0n) is 13.3. The summed E-state index contributed by atoms with van der Waals surface area (Å²) in [5, 5.41) is 3.15. The predicted molar refractivity (Wildman–Crippen MR) is 90.3 cm³/mol. The Bertz CT molecular complexity index is 741. The summed E-state index contributed by atoms with van der Waals surface area (Å²) in [5.41, 5.74) is 1.61. The van der Waals surface area contributed by atoms with Crippen molar-refractivity contribution in [2.24, 2.45) is 0 Å². The fourth-order valence-electron chi connectivity index (χ4n) is 2.31. The van der Waals surface area contributed by atoms with Crippen molar-refractivity contribution in [1.29, 1.82) is 0 Å². The standard InChI is InChI=1S/C17H21FN2O2S/c1-3-20(4-2)23(21,22)17-10-8-16(9-11-17)19-13-14-6-5-7-15(18)12-14/h5-12,19H,3-4,13H2,1-2H3. The third kappa shape index (κ3) is 4.30. The van der Waals surface area contributed by atoms with Crippen molar-refractivity contribution in [1.82, 2.24) is 4.31 Å². The fourth-order valence-corrected chi connectivity index (χ4v) is 3.77. The highest BCUT2D eigenvalue weighted by Gasteiger charge is 2.20. The lowest BCUT2D eigenvalue weighted by atomic mass is 10.2. The van der Waals surface area contributed by atoms with E-state index in [1.165, 1.54) is 16.4 Å². The van der Waals surface area contributed by atoms with Crippen LogP contribution in [0.15, 0.2) is 53.4 Å². The Hall–Kier alpha value is -1.92. The number of halogens is 1. The van der Waals surface area contributed by atoms with Gasteiger partial charge < -0.3 is 5.32 Å². The van der Waals surface area contributed by atoms with E-state index in [0.29, 0.717) is 19.6 Å². The van der Waals surface area contributed by atoms with Gasteiger partial charge in [0.1, 0.15) is 5.82 Å². The molecule has 1 N–H and O–H groups in total. The van der Waals surface area contributed by atoms with Gasteiger partial charge in [0.15, 0.2) is 0 Å². The second-order valence-electron chi connectivity index (χ2n) is 5.10. The maximum absolute atomic E-state index is 13.1.